The molecule has 5 rings (SSSR count). The average Bonchev–Trinajstić information content (AvgIpc) is 3.40. The summed E-state index contributed by atoms with van der Waals surface area (Å²) in [6, 6.07) is 15.8. The number of rotatable bonds is 6. The maximum absolute atomic E-state index is 13.0. The van der Waals surface area contributed by atoms with Crippen LogP contribution in [0.4, 0.5) is 11.9 Å². The van der Waals surface area contributed by atoms with E-state index in [1.807, 2.05) is 71.5 Å². The minimum Gasteiger partial charge on any atom is -0.310 e. The van der Waals surface area contributed by atoms with Gasteiger partial charge in [-0.3, -0.25) is 20.2 Å². The van der Waals surface area contributed by atoms with Crippen LogP contribution >= 0.6 is 0 Å². The molecule has 34 heavy (non-hydrogen) atoms. The Bertz CT molecular complexity index is 1240. The maximum Gasteiger partial charge on any atom is 0.229 e. The SMILES string of the molecule is CCn1c(NC(=O)C2CCC(C(=O)Nc3nc4ccccc4n3CC)CC2)nc2ccccc21. The van der Waals surface area contributed by atoms with Crippen molar-refractivity contribution in [3.05, 3.63) is 48.5 Å². The van der Waals surface area contributed by atoms with Crippen LogP contribution in [0.15, 0.2) is 48.5 Å². The Morgan fingerprint density at radius 3 is 1.50 bits per heavy atom. The third-order valence-corrected chi connectivity index (χ3v) is 6.88. The highest BCUT2D eigenvalue weighted by Gasteiger charge is 2.31. The van der Waals surface area contributed by atoms with Crippen LogP contribution in [-0.4, -0.2) is 30.9 Å². The Hall–Kier alpha value is -3.68. The smallest absolute Gasteiger partial charge is 0.229 e. The molecule has 0 bridgehead atoms. The van der Waals surface area contributed by atoms with Crippen molar-refractivity contribution in [1.82, 2.24) is 19.1 Å². The van der Waals surface area contributed by atoms with Crippen molar-refractivity contribution in [3.8, 4) is 0 Å². The lowest BCUT2D eigenvalue weighted by Gasteiger charge is -2.27. The number of amides is 2. The van der Waals surface area contributed by atoms with Gasteiger partial charge >= 0.3 is 0 Å². The molecule has 0 unspecified atom stereocenters. The highest BCUT2D eigenvalue weighted by atomic mass is 16.2. The zero-order valence-corrected chi connectivity index (χ0v) is 19.6. The van der Waals surface area contributed by atoms with E-state index in [1.165, 1.54) is 0 Å². The van der Waals surface area contributed by atoms with Crippen LogP contribution in [0.3, 0.4) is 0 Å². The van der Waals surface area contributed by atoms with Gasteiger partial charge in [-0.15, -0.1) is 0 Å². The first-order valence-electron chi connectivity index (χ1n) is 12.1. The fourth-order valence-corrected chi connectivity index (χ4v) is 5.02. The van der Waals surface area contributed by atoms with Gasteiger partial charge in [-0.25, -0.2) is 9.97 Å². The lowest BCUT2D eigenvalue weighted by Crippen LogP contribution is -2.33. The van der Waals surface area contributed by atoms with E-state index in [0.717, 1.165) is 35.2 Å². The van der Waals surface area contributed by atoms with Gasteiger partial charge < -0.3 is 9.13 Å². The van der Waals surface area contributed by atoms with Gasteiger partial charge in [0.05, 0.1) is 22.1 Å². The standard InChI is InChI=1S/C26H30N6O2/c1-3-31-21-11-7-5-9-19(21)27-25(31)29-23(33)17-13-15-18(16-14-17)24(34)30-26-28-20-10-6-8-12-22(20)32(26)4-2/h5-12,17-18H,3-4,13-16H2,1-2H3,(H,27,29,33)(H,28,30,34). The van der Waals surface area contributed by atoms with E-state index >= 15 is 0 Å². The van der Waals surface area contributed by atoms with Crippen LogP contribution in [0.5, 0.6) is 0 Å². The summed E-state index contributed by atoms with van der Waals surface area (Å²) in [6.07, 6.45) is 2.72. The highest BCUT2D eigenvalue weighted by Crippen LogP contribution is 2.31. The molecule has 8 nitrogen and oxygen atoms in total. The van der Waals surface area contributed by atoms with Crippen LogP contribution in [-0.2, 0) is 22.7 Å². The predicted molar refractivity (Wildman–Crippen MR) is 134 cm³/mol. The number of nitrogens with one attached hydrogen (secondary N) is 2. The third-order valence-electron chi connectivity index (χ3n) is 6.88. The monoisotopic (exact) mass is 458 g/mol. The quantitative estimate of drug-likeness (QED) is 0.434. The Morgan fingerprint density at radius 2 is 1.12 bits per heavy atom. The number of nitrogens with zero attached hydrogens (tertiary/aromatic N) is 4. The molecule has 2 aromatic heterocycles. The number of aryl methyl sites for hydroxylation is 2. The summed E-state index contributed by atoms with van der Waals surface area (Å²) in [5.74, 6) is 0.913. The topological polar surface area (TPSA) is 93.8 Å². The molecule has 2 amide bonds. The molecule has 2 heterocycles. The molecule has 4 aromatic rings. The number of benzene rings is 2. The van der Waals surface area contributed by atoms with Crippen molar-refractivity contribution in [2.24, 2.45) is 11.8 Å². The number of carbonyl (C=O) groups excluding carboxylic acids is 2. The molecule has 8 heteroatoms. The van der Waals surface area contributed by atoms with Gasteiger partial charge in [-0.2, -0.15) is 0 Å². The second-order valence-electron chi connectivity index (χ2n) is 8.86. The number of para-hydroxylation sites is 4. The van der Waals surface area contributed by atoms with Crippen molar-refractivity contribution >= 4 is 45.8 Å². The van der Waals surface area contributed by atoms with Crippen LogP contribution in [0.2, 0.25) is 0 Å². The van der Waals surface area contributed by atoms with E-state index in [4.69, 9.17) is 0 Å². The predicted octanol–water partition coefficient (Wildman–Crippen LogP) is 4.81. The van der Waals surface area contributed by atoms with Gasteiger partial charge in [0.25, 0.3) is 0 Å². The van der Waals surface area contributed by atoms with E-state index in [-0.39, 0.29) is 23.7 Å². The van der Waals surface area contributed by atoms with E-state index in [1.54, 1.807) is 0 Å². The molecule has 0 spiro atoms. The van der Waals surface area contributed by atoms with Crippen molar-refractivity contribution in [2.45, 2.75) is 52.6 Å². The van der Waals surface area contributed by atoms with E-state index in [9.17, 15) is 9.59 Å². The second-order valence-corrected chi connectivity index (χ2v) is 8.86. The van der Waals surface area contributed by atoms with Crippen molar-refractivity contribution < 1.29 is 9.59 Å². The average molecular weight is 459 g/mol. The van der Waals surface area contributed by atoms with Crippen LogP contribution in [0, 0.1) is 11.8 Å². The van der Waals surface area contributed by atoms with Crippen molar-refractivity contribution in [1.29, 1.82) is 0 Å². The highest BCUT2D eigenvalue weighted by molar-refractivity contribution is 5.95. The minimum absolute atomic E-state index is 0.0170. The summed E-state index contributed by atoms with van der Waals surface area (Å²) in [7, 11) is 0. The Morgan fingerprint density at radius 1 is 0.735 bits per heavy atom. The molecule has 0 saturated heterocycles. The number of aromatic nitrogens is 4. The third kappa shape index (κ3) is 4.04. The molecule has 1 saturated carbocycles. The Balaban J connectivity index is 1.21. The zero-order valence-electron chi connectivity index (χ0n) is 19.6. The molecule has 2 N–H and O–H groups in total. The van der Waals surface area contributed by atoms with Crippen LogP contribution in [0.25, 0.3) is 22.1 Å². The van der Waals surface area contributed by atoms with Gasteiger partial charge in [0, 0.05) is 24.9 Å². The van der Waals surface area contributed by atoms with E-state index in [0.29, 0.717) is 37.6 Å². The Kier molecular flexibility index (Phi) is 6.04. The lowest BCUT2D eigenvalue weighted by atomic mass is 9.81. The normalized spacial score (nSPS) is 18.3. The largest absolute Gasteiger partial charge is 0.310 e. The number of fused-ring (bicyclic) bond motifs is 2. The fraction of sp³-hybridized carbons (Fsp3) is 0.385. The van der Waals surface area contributed by atoms with Gasteiger partial charge in [0.15, 0.2) is 0 Å². The first kappa shape index (κ1) is 22.1. The summed E-state index contributed by atoms with van der Waals surface area (Å²) in [6.45, 7) is 5.54. The van der Waals surface area contributed by atoms with Gasteiger partial charge in [-0.1, -0.05) is 24.3 Å². The molecule has 1 aliphatic carbocycles. The number of imidazole rings is 2. The number of hydrogen-bond donors (Lipinski definition) is 2. The van der Waals surface area contributed by atoms with Crippen molar-refractivity contribution in [3.63, 3.8) is 0 Å². The molecule has 1 aliphatic rings. The molecular formula is C26H30N6O2. The Labute approximate surface area is 198 Å². The molecule has 0 radical (unpaired) electrons. The maximum atomic E-state index is 13.0. The van der Waals surface area contributed by atoms with E-state index in [2.05, 4.69) is 20.6 Å². The summed E-state index contributed by atoms with van der Waals surface area (Å²) in [5.41, 5.74) is 3.77. The molecule has 1 fully saturated rings. The summed E-state index contributed by atoms with van der Waals surface area (Å²) in [5, 5.41) is 6.07. The van der Waals surface area contributed by atoms with Crippen LogP contribution in [0.1, 0.15) is 39.5 Å². The molecule has 2 aromatic carbocycles. The molecule has 176 valence electrons. The lowest BCUT2D eigenvalue weighted by molar-refractivity contribution is -0.125. The fourth-order valence-electron chi connectivity index (χ4n) is 5.02. The first-order valence-corrected chi connectivity index (χ1v) is 12.1. The van der Waals surface area contributed by atoms with E-state index < -0.39 is 0 Å². The molecule has 0 atom stereocenters. The number of anilines is 2. The summed E-state index contributed by atoms with van der Waals surface area (Å²) >= 11 is 0. The summed E-state index contributed by atoms with van der Waals surface area (Å²) < 4.78 is 4.04. The van der Waals surface area contributed by atoms with Crippen LogP contribution < -0.4 is 10.6 Å². The number of hydrogen-bond acceptors (Lipinski definition) is 4. The number of carbonyl (C=O) groups is 2. The minimum atomic E-state index is -0.116. The summed E-state index contributed by atoms with van der Waals surface area (Å²) in [4.78, 5) is 35.2. The molecule has 0 aliphatic heterocycles. The van der Waals surface area contributed by atoms with Gasteiger partial charge in [-0.05, 0) is 63.8 Å². The second kappa shape index (κ2) is 9.29. The van der Waals surface area contributed by atoms with Crippen molar-refractivity contribution in [2.75, 3.05) is 10.6 Å². The zero-order chi connectivity index (χ0) is 23.7. The van der Waals surface area contributed by atoms with Gasteiger partial charge in [0.2, 0.25) is 23.7 Å². The van der Waals surface area contributed by atoms with Gasteiger partial charge in [0.1, 0.15) is 0 Å². The first-order chi connectivity index (χ1) is 16.6. The molecular weight excluding hydrogens is 428 g/mol.